The number of rotatable bonds is 5. The molecule has 0 bridgehead atoms. The second kappa shape index (κ2) is 7.95. The number of hydrogen-bond donors (Lipinski definition) is 1. The molecule has 0 aromatic heterocycles. The van der Waals surface area contributed by atoms with Crippen molar-refractivity contribution >= 4 is 11.6 Å². The van der Waals surface area contributed by atoms with E-state index in [1.165, 1.54) is 19.3 Å². The maximum Gasteiger partial charge on any atom is 0.253 e. The largest absolute Gasteiger partial charge is 0.365 e. The minimum absolute atomic E-state index is 0.157. The molecule has 0 aliphatic heterocycles. The fourth-order valence-electron chi connectivity index (χ4n) is 3.05. The van der Waals surface area contributed by atoms with E-state index < -0.39 is 6.10 Å². The van der Waals surface area contributed by atoms with Crippen LogP contribution < -0.4 is 5.32 Å². The molecular weight excluding hydrogens is 276 g/mol. The van der Waals surface area contributed by atoms with Crippen LogP contribution in [0.1, 0.15) is 51.5 Å². The summed E-state index contributed by atoms with van der Waals surface area (Å²) in [7, 11) is 0. The normalized spacial score (nSPS) is 22.6. The number of carbonyl (C=O) groups is 1. The zero-order valence-corrected chi connectivity index (χ0v) is 13.3. The van der Waals surface area contributed by atoms with Gasteiger partial charge in [-0.15, -0.1) is 0 Å². The lowest BCUT2D eigenvalue weighted by atomic mass is 9.84. The van der Waals surface area contributed by atoms with Crippen molar-refractivity contribution in [1.29, 1.82) is 5.26 Å². The fourth-order valence-corrected chi connectivity index (χ4v) is 3.05. The molecule has 4 heteroatoms. The molecule has 1 amide bonds. The Labute approximate surface area is 132 Å². The van der Waals surface area contributed by atoms with Gasteiger partial charge in [-0.05, 0) is 43.9 Å². The predicted octanol–water partition coefficient (Wildman–Crippen LogP) is 3.87. The lowest BCUT2D eigenvalue weighted by Gasteiger charge is -2.32. The first-order valence-corrected chi connectivity index (χ1v) is 8.10. The first kappa shape index (κ1) is 16.5. The van der Waals surface area contributed by atoms with Crippen LogP contribution in [0.4, 0.5) is 5.69 Å². The number of ether oxygens (including phenoxy) is 1. The molecule has 1 fully saturated rings. The molecule has 0 saturated heterocycles. The molecule has 0 heterocycles. The second-order valence-electron chi connectivity index (χ2n) is 5.95. The molecule has 1 aliphatic carbocycles. The number of carbonyl (C=O) groups excluding carboxylic acids is 1. The summed E-state index contributed by atoms with van der Waals surface area (Å²) in [5.41, 5.74) is 1.17. The highest BCUT2D eigenvalue weighted by Crippen LogP contribution is 2.30. The lowest BCUT2D eigenvalue weighted by Crippen LogP contribution is -2.36. The highest BCUT2D eigenvalue weighted by Gasteiger charge is 2.27. The SMILES string of the molecule is CCC1CCCCC1OC(C)C(=O)Nc1cccc(C#N)c1. The van der Waals surface area contributed by atoms with Crippen molar-refractivity contribution in [3.05, 3.63) is 29.8 Å². The van der Waals surface area contributed by atoms with Gasteiger partial charge in [0, 0.05) is 5.69 Å². The third-order valence-corrected chi connectivity index (χ3v) is 4.37. The van der Waals surface area contributed by atoms with Crippen LogP contribution in [0.15, 0.2) is 24.3 Å². The maximum absolute atomic E-state index is 12.3. The van der Waals surface area contributed by atoms with Crippen molar-refractivity contribution in [3.8, 4) is 6.07 Å². The van der Waals surface area contributed by atoms with Crippen LogP contribution in [-0.2, 0) is 9.53 Å². The van der Waals surface area contributed by atoms with Crippen molar-refractivity contribution in [1.82, 2.24) is 0 Å². The van der Waals surface area contributed by atoms with E-state index in [1.54, 1.807) is 31.2 Å². The summed E-state index contributed by atoms with van der Waals surface area (Å²) in [4.78, 5) is 12.3. The Balaban J connectivity index is 1.92. The number of nitrogens with zero attached hydrogens (tertiary/aromatic N) is 1. The number of hydrogen-bond acceptors (Lipinski definition) is 3. The first-order chi connectivity index (χ1) is 10.6. The minimum Gasteiger partial charge on any atom is -0.365 e. The van der Waals surface area contributed by atoms with Crippen LogP contribution in [0, 0.1) is 17.2 Å². The number of benzene rings is 1. The Kier molecular flexibility index (Phi) is 5.97. The van der Waals surface area contributed by atoms with Gasteiger partial charge in [-0.25, -0.2) is 0 Å². The molecule has 118 valence electrons. The van der Waals surface area contributed by atoms with Gasteiger partial charge in [0.15, 0.2) is 0 Å². The highest BCUT2D eigenvalue weighted by molar-refractivity contribution is 5.94. The maximum atomic E-state index is 12.3. The van der Waals surface area contributed by atoms with Gasteiger partial charge in [-0.2, -0.15) is 5.26 Å². The molecule has 1 aromatic rings. The zero-order chi connectivity index (χ0) is 15.9. The molecule has 1 aliphatic rings. The topological polar surface area (TPSA) is 62.1 Å². The third kappa shape index (κ3) is 4.32. The summed E-state index contributed by atoms with van der Waals surface area (Å²) in [5, 5.41) is 11.7. The average Bonchev–Trinajstić information content (AvgIpc) is 2.55. The van der Waals surface area contributed by atoms with E-state index in [1.807, 2.05) is 0 Å². The van der Waals surface area contributed by atoms with Crippen LogP contribution in [0.5, 0.6) is 0 Å². The van der Waals surface area contributed by atoms with Crippen molar-refractivity contribution < 1.29 is 9.53 Å². The van der Waals surface area contributed by atoms with E-state index in [9.17, 15) is 4.79 Å². The van der Waals surface area contributed by atoms with E-state index >= 15 is 0 Å². The number of amides is 1. The molecule has 1 N–H and O–H groups in total. The molecule has 1 saturated carbocycles. The van der Waals surface area contributed by atoms with Crippen molar-refractivity contribution in [2.45, 2.75) is 58.2 Å². The summed E-state index contributed by atoms with van der Waals surface area (Å²) in [5.74, 6) is 0.404. The summed E-state index contributed by atoms with van der Waals surface area (Å²) < 4.78 is 6.01. The molecule has 4 nitrogen and oxygen atoms in total. The summed E-state index contributed by atoms with van der Waals surface area (Å²) in [6.45, 7) is 3.98. The minimum atomic E-state index is -0.483. The standard InChI is InChI=1S/C18H24N2O2/c1-3-15-8-4-5-10-17(15)22-13(2)18(21)20-16-9-6-7-14(11-16)12-19/h6-7,9,11,13,15,17H,3-5,8,10H2,1-2H3,(H,20,21). The van der Waals surface area contributed by atoms with Crippen molar-refractivity contribution in [2.24, 2.45) is 5.92 Å². The Hall–Kier alpha value is -1.86. The van der Waals surface area contributed by atoms with Crippen LogP contribution >= 0.6 is 0 Å². The second-order valence-corrected chi connectivity index (χ2v) is 5.95. The van der Waals surface area contributed by atoms with Gasteiger partial charge in [-0.3, -0.25) is 4.79 Å². The van der Waals surface area contributed by atoms with Crippen LogP contribution in [0.2, 0.25) is 0 Å². The van der Waals surface area contributed by atoms with E-state index in [2.05, 4.69) is 18.3 Å². The predicted molar refractivity (Wildman–Crippen MR) is 86.4 cm³/mol. The molecule has 3 atom stereocenters. The average molecular weight is 300 g/mol. The van der Waals surface area contributed by atoms with E-state index in [0.717, 1.165) is 12.8 Å². The Bertz CT molecular complexity index is 550. The molecule has 0 radical (unpaired) electrons. The highest BCUT2D eigenvalue weighted by atomic mass is 16.5. The van der Waals surface area contributed by atoms with Gasteiger partial charge >= 0.3 is 0 Å². The number of nitrogens with one attached hydrogen (secondary N) is 1. The quantitative estimate of drug-likeness (QED) is 0.897. The Morgan fingerprint density at radius 3 is 2.95 bits per heavy atom. The molecule has 0 spiro atoms. The van der Waals surface area contributed by atoms with Crippen LogP contribution in [-0.4, -0.2) is 18.1 Å². The molecule has 1 aromatic carbocycles. The number of anilines is 1. The van der Waals surface area contributed by atoms with Crippen LogP contribution in [0.25, 0.3) is 0 Å². The van der Waals surface area contributed by atoms with Crippen molar-refractivity contribution in [3.63, 3.8) is 0 Å². The van der Waals surface area contributed by atoms with Crippen molar-refractivity contribution in [2.75, 3.05) is 5.32 Å². The zero-order valence-electron chi connectivity index (χ0n) is 13.3. The molecule has 3 unspecified atom stereocenters. The van der Waals surface area contributed by atoms with Gasteiger partial charge in [0.05, 0.1) is 17.7 Å². The van der Waals surface area contributed by atoms with Gasteiger partial charge in [0.25, 0.3) is 5.91 Å². The lowest BCUT2D eigenvalue weighted by molar-refractivity contribution is -0.134. The molecule has 2 rings (SSSR count). The number of nitriles is 1. The summed E-state index contributed by atoms with van der Waals surface area (Å²) in [6.07, 6.45) is 5.48. The Morgan fingerprint density at radius 1 is 1.45 bits per heavy atom. The van der Waals surface area contributed by atoms with Crippen LogP contribution in [0.3, 0.4) is 0 Å². The van der Waals surface area contributed by atoms with Gasteiger partial charge < -0.3 is 10.1 Å². The van der Waals surface area contributed by atoms with E-state index in [4.69, 9.17) is 10.00 Å². The van der Waals surface area contributed by atoms with Gasteiger partial charge in [-0.1, -0.05) is 32.3 Å². The van der Waals surface area contributed by atoms with E-state index in [0.29, 0.717) is 17.2 Å². The van der Waals surface area contributed by atoms with E-state index in [-0.39, 0.29) is 12.0 Å². The summed E-state index contributed by atoms with van der Waals surface area (Å²) in [6, 6.07) is 8.98. The fraction of sp³-hybridized carbons (Fsp3) is 0.556. The monoisotopic (exact) mass is 300 g/mol. The summed E-state index contributed by atoms with van der Waals surface area (Å²) >= 11 is 0. The Morgan fingerprint density at radius 2 is 2.23 bits per heavy atom. The van der Waals surface area contributed by atoms with Gasteiger partial charge in [0.1, 0.15) is 6.10 Å². The molecular formula is C18H24N2O2. The smallest absolute Gasteiger partial charge is 0.253 e. The van der Waals surface area contributed by atoms with Gasteiger partial charge in [0.2, 0.25) is 0 Å². The molecule has 22 heavy (non-hydrogen) atoms. The first-order valence-electron chi connectivity index (χ1n) is 8.10. The third-order valence-electron chi connectivity index (χ3n) is 4.37.